The number of fused-ring (bicyclic) bond motifs is 1. The number of benzene rings is 2. The monoisotopic (exact) mass is 411 g/mol. The Morgan fingerprint density at radius 1 is 1.10 bits per heavy atom. The van der Waals surface area contributed by atoms with Crippen LogP contribution in [0.25, 0.3) is 10.1 Å². The van der Waals surface area contributed by atoms with Gasteiger partial charge in [0.15, 0.2) is 11.5 Å². The molecule has 0 aliphatic carbocycles. The predicted molar refractivity (Wildman–Crippen MR) is 115 cm³/mol. The van der Waals surface area contributed by atoms with E-state index in [0.29, 0.717) is 24.3 Å². The van der Waals surface area contributed by atoms with Crippen LogP contribution in [-0.2, 0) is 4.79 Å². The Morgan fingerprint density at radius 2 is 1.83 bits per heavy atom. The summed E-state index contributed by atoms with van der Waals surface area (Å²) in [6.45, 7) is 1.50. The average molecular weight is 412 g/mol. The minimum Gasteiger partial charge on any atom is -0.493 e. The van der Waals surface area contributed by atoms with E-state index < -0.39 is 5.97 Å². The highest BCUT2D eigenvalue weighted by Gasteiger charge is 2.31. The number of piperidine rings is 1. The quantitative estimate of drug-likeness (QED) is 0.631. The molecule has 6 heteroatoms. The third-order valence-electron chi connectivity index (χ3n) is 5.77. The molecule has 0 radical (unpaired) electrons. The molecule has 1 aromatic heterocycles. The van der Waals surface area contributed by atoms with E-state index in [1.165, 1.54) is 15.6 Å². The largest absolute Gasteiger partial charge is 0.493 e. The van der Waals surface area contributed by atoms with Gasteiger partial charge in [0, 0.05) is 4.70 Å². The van der Waals surface area contributed by atoms with E-state index in [4.69, 9.17) is 9.47 Å². The van der Waals surface area contributed by atoms with Gasteiger partial charge in [-0.2, -0.15) is 0 Å². The molecule has 4 rings (SSSR count). The van der Waals surface area contributed by atoms with E-state index in [1.54, 1.807) is 25.6 Å². The van der Waals surface area contributed by atoms with Crippen LogP contribution in [0.1, 0.15) is 30.0 Å². The molecule has 1 aliphatic rings. The number of rotatable bonds is 6. The maximum atomic E-state index is 11.4. The van der Waals surface area contributed by atoms with Gasteiger partial charge in [0.05, 0.1) is 26.2 Å². The van der Waals surface area contributed by atoms with Gasteiger partial charge in [-0.25, -0.2) is 0 Å². The Kier molecular flexibility index (Phi) is 5.74. The molecule has 1 unspecified atom stereocenters. The van der Waals surface area contributed by atoms with Crippen LogP contribution in [-0.4, -0.2) is 43.3 Å². The maximum Gasteiger partial charge on any atom is 0.306 e. The molecule has 1 fully saturated rings. The van der Waals surface area contributed by atoms with Gasteiger partial charge in [-0.1, -0.05) is 24.3 Å². The van der Waals surface area contributed by atoms with Gasteiger partial charge < -0.3 is 14.6 Å². The van der Waals surface area contributed by atoms with Crippen LogP contribution >= 0.6 is 11.3 Å². The van der Waals surface area contributed by atoms with Gasteiger partial charge in [-0.3, -0.25) is 9.69 Å². The number of ether oxygens (including phenoxy) is 2. The lowest BCUT2D eigenvalue weighted by atomic mass is 9.91. The Hall–Kier alpha value is -2.57. The van der Waals surface area contributed by atoms with E-state index in [0.717, 1.165) is 18.7 Å². The SMILES string of the molecule is COc1ccc(C(c2csc3ccccc23)N2CCC(C(=O)O)CC2)cc1OC. The number of carboxylic acids is 1. The number of aliphatic carboxylic acids is 1. The number of hydrogen-bond donors (Lipinski definition) is 1. The molecule has 0 bridgehead atoms. The van der Waals surface area contributed by atoms with Crippen LogP contribution in [0, 0.1) is 5.92 Å². The predicted octanol–water partition coefficient (Wildman–Crippen LogP) is 4.80. The third kappa shape index (κ3) is 3.82. The lowest BCUT2D eigenvalue weighted by Gasteiger charge is -2.37. The van der Waals surface area contributed by atoms with Crippen LogP contribution in [0.3, 0.4) is 0 Å². The first-order valence-corrected chi connectivity index (χ1v) is 10.6. The molecule has 1 N–H and O–H groups in total. The third-order valence-corrected chi connectivity index (χ3v) is 6.75. The normalized spacial score (nSPS) is 16.6. The topological polar surface area (TPSA) is 59.0 Å². The summed E-state index contributed by atoms with van der Waals surface area (Å²) in [5.74, 6) is 0.467. The van der Waals surface area contributed by atoms with E-state index >= 15 is 0 Å². The molecule has 0 saturated carbocycles. The molecule has 0 amide bonds. The van der Waals surface area contributed by atoms with Gasteiger partial charge in [0.1, 0.15) is 0 Å². The second-order valence-corrected chi connectivity index (χ2v) is 8.26. The number of likely N-dealkylation sites (tertiary alicyclic amines) is 1. The standard InChI is InChI=1S/C23H25NO4S/c1-27-19-8-7-16(13-20(19)28-2)22(24-11-9-15(10-12-24)23(25)26)18-14-29-21-6-4-3-5-17(18)21/h3-8,13-15,22H,9-12H2,1-2H3,(H,25,26). The molecular formula is C23H25NO4S. The average Bonchev–Trinajstić information content (AvgIpc) is 3.18. The van der Waals surface area contributed by atoms with Crippen molar-refractivity contribution in [2.75, 3.05) is 27.3 Å². The first-order chi connectivity index (χ1) is 14.1. The van der Waals surface area contributed by atoms with Gasteiger partial charge in [0.25, 0.3) is 0 Å². The first-order valence-electron chi connectivity index (χ1n) is 9.77. The number of nitrogens with zero attached hydrogens (tertiary/aromatic N) is 1. The van der Waals surface area contributed by atoms with Crippen molar-refractivity contribution in [3.63, 3.8) is 0 Å². The van der Waals surface area contributed by atoms with Crippen LogP contribution in [0.15, 0.2) is 47.8 Å². The van der Waals surface area contributed by atoms with Crippen LogP contribution in [0.2, 0.25) is 0 Å². The van der Waals surface area contributed by atoms with Crippen LogP contribution in [0.4, 0.5) is 0 Å². The van der Waals surface area contributed by atoms with Gasteiger partial charge in [-0.05, 0) is 66.0 Å². The van der Waals surface area contributed by atoms with E-state index in [1.807, 2.05) is 12.1 Å². The fraction of sp³-hybridized carbons (Fsp3) is 0.348. The fourth-order valence-electron chi connectivity index (χ4n) is 4.22. The van der Waals surface area contributed by atoms with E-state index in [2.05, 4.69) is 40.6 Å². The molecule has 1 saturated heterocycles. The summed E-state index contributed by atoms with van der Waals surface area (Å²) in [5, 5.41) is 12.9. The maximum absolute atomic E-state index is 11.4. The molecule has 1 aliphatic heterocycles. The summed E-state index contributed by atoms with van der Waals surface area (Å²) in [5.41, 5.74) is 2.38. The van der Waals surface area contributed by atoms with Gasteiger partial charge in [-0.15, -0.1) is 11.3 Å². The summed E-state index contributed by atoms with van der Waals surface area (Å²) >= 11 is 1.75. The Morgan fingerprint density at radius 3 is 2.52 bits per heavy atom. The van der Waals surface area contributed by atoms with E-state index in [-0.39, 0.29) is 12.0 Å². The molecular weight excluding hydrogens is 386 g/mol. The number of carbonyl (C=O) groups is 1. The Balaban J connectivity index is 1.77. The van der Waals surface area contributed by atoms with Crippen molar-refractivity contribution in [2.45, 2.75) is 18.9 Å². The van der Waals surface area contributed by atoms with Crippen molar-refractivity contribution in [1.29, 1.82) is 0 Å². The summed E-state index contributed by atoms with van der Waals surface area (Å²) in [6.07, 6.45) is 1.34. The van der Waals surface area contributed by atoms with Crippen molar-refractivity contribution in [1.82, 2.24) is 4.90 Å². The summed E-state index contributed by atoms with van der Waals surface area (Å²) in [4.78, 5) is 13.8. The number of methoxy groups -OCH3 is 2. The first kappa shape index (κ1) is 19.7. The minimum absolute atomic E-state index is 0.0423. The highest BCUT2D eigenvalue weighted by atomic mass is 32.1. The molecule has 29 heavy (non-hydrogen) atoms. The molecule has 152 valence electrons. The second kappa shape index (κ2) is 8.43. The lowest BCUT2D eigenvalue weighted by molar-refractivity contribution is -0.143. The van der Waals surface area contributed by atoms with Crippen LogP contribution in [0.5, 0.6) is 11.5 Å². The van der Waals surface area contributed by atoms with Crippen molar-refractivity contribution < 1.29 is 19.4 Å². The number of carboxylic acid groups (broad SMARTS) is 1. The van der Waals surface area contributed by atoms with Crippen molar-refractivity contribution in [3.05, 3.63) is 59.0 Å². The molecule has 0 spiro atoms. The zero-order valence-corrected chi connectivity index (χ0v) is 17.4. The van der Waals surface area contributed by atoms with E-state index in [9.17, 15) is 9.90 Å². The number of thiophene rings is 1. The van der Waals surface area contributed by atoms with Gasteiger partial charge in [0.2, 0.25) is 0 Å². The van der Waals surface area contributed by atoms with Gasteiger partial charge >= 0.3 is 5.97 Å². The highest BCUT2D eigenvalue weighted by molar-refractivity contribution is 7.17. The Bertz CT molecular complexity index is 1010. The van der Waals surface area contributed by atoms with Crippen LogP contribution < -0.4 is 9.47 Å². The number of hydrogen-bond acceptors (Lipinski definition) is 5. The minimum atomic E-state index is -0.687. The summed E-state index contributed by atoms with van der Waals surface area (Å²) in [6, 6.07) is 14.6. The van der Waals surface area contributed by atoms with Crippen molar-refractivity contribution in [3.8, 4) is 11.5 Å². The smallest absolute Gasteiger partial charge is 0.306 e. The van der Waals surface area contributed by atoms with Crippen molar-refractivity contribution in [2.24, 2.45) is 5.92 Å². The summed E-state index contributed by atoms with van der Waals surface area (Å²) in [7, 11) is 3.28. The fourth-order valence-corrected chi connectivity index (χ4v) is 5.20. The Labute approximate surface area is 174 Å². The van der Waals surface area contributed by atoms with Crippen molar-refractivity contribution >= 4 is 27.4 Å². The molecule has 3 aromatic rings. The molecule has 2 heterocycles. The zero-order valence-electron chi connectivity index (χ0n) is 16.6. The highest BCUT2D eigenvalue weighted by Crippen LogP contribution is 2.41. The lowest BCUT2D eigenvalue weighted by Crippen LogP contribution is -2.39. The zero-order chi connectivity index (χ0) is 20.4. The summed E-state index contributed by atoms with van der Waals surface area (Å²) < 4.78 is 12.2. The molecule has 1 atom stereocenters. The molecule has 2 aromatic carbocycles. The molecule has 5 nitrogen and oxygen atoms in total. The second-order valence-electron chi connectivity index (χ2n) is 7.35.